The fourth-order valence-corrected chi connectivity index (χ4v) is 2.98. The van der Waals surface area contributed by atoms with E-state index in [1.807, 2.05) is 6.07 Å². The number of methoxy groups -OCH3 is 1. The number of ether oxygens (including phenoxy) is 1. The molecule has 0 aliphatic heterocycles. The van der Waals surface area contributed by atoms with Gasteiger partial charge in [0.05, 0.1) is 0 Å². The molecule has 1 heterocycles. The van der Waals surface area contributed by atoms with Crippen molar-refractivity contribution in [2.75, 3.05) is 19.1 Å². The number of hydrogen-bond acceptors (Lipinski definition) is 4. The average molecular weight is 298 g/mol. The van der Waals surface area contributed by atoms with Gasteiger partial charge in [0.15, 0.2) is 5.82 Å². The maximum Gasteiger partial charge on any atom is 0.158 e. The van der Waals surface area contributed by atoms with E-state index in [2.05, 4.69) is 35.8 Å². The molecule has 1 saturated carbocycles. The average Bonchev–Trinajstić information content (AvgIpc) is 2.37. The minimum Gasteiger partial charge on any atom is -0.377 e. The van der Waals surface area contributed by atoms with Crippen molar-refractivity contribution in [1.29, 1.82) is 0 Å². The predicted molar refractivity (Wildman–Crippen MR) is 82.2 cm³/mol. The van der Waals surface area contributed by atoms with Crippen molar-refractivity contribution < 1.29 is 4.74 Å². The van der Waals surface area contributed by atoms with Crippen LogP contribution in [0.3, 0.4) is 0 Å². The van der Waals surface area contributed by atoms with Gasteiger partial charge in [-0.3, -0.25) is 0 Å². The highest BCUT2D eigenvalue weighted by molar-refractivity contribution is 6.29. The van der Waals surface area contributed by atoms with Gasteiger partial charge >= 0.3 is 0 Å². The Kier molecular flexibility index (Phi) is 4.86. The third-order valence-electron chi connectivity index (χ3n) is 4.22. The minimum absolute atomic E-state index is 0.388. The molecule has 0 saturated heterocycles. The zero-order chi connectivity index (χ0) is 14.8. The second-order valence-electron chi connectivity index (χ2n) is 6.40. The molecule has 4 nitrogen and oxygen atoms in total. The second-order valence-corrected chi connectivity index (χ2v) is 6.79. The van der Waals surface area contributed by atoms with Crippen LogP contribution < -0.4 is 4.90 Å². The molecule has 1 aliphatic carbocycles. The number of rotatable bonds is 4. The summed E-state index contributed by atoms with van der Waals surface area (Å²) in [7, 11) is 3.73. The lowest BCUT2D eigenvalue weighted by Crippen LogP contribution is -2.37. The molecule has 1 fully saturated rings. The summed E-state index contributed by atoms with van der Waals surface area (Å²) in [5.74, 6) is 1.53. The Hall–Kier alpha value is -0.870. The standard InChI is InChI=1S/C15H24ClN3O/c1-15(2)7-5-11(6-8-15)19(3)14-9-12(16)17-13(18-14)10-20-4/h9,11H,5-8,10H2,1-4H3. The van der Waals surface area contributed by atoms with Crippen molar-refractivity contribution >= 4 is 17.4 Å². The van der Waals surface area contributed by atoms with Crippen LogP contribution in [-0.4, -0.2) is 30.2 Å². The van der Waals surface area contributed by atoms with E-state index in [1.54, 1.807) is 7.11 Å². The smallest absolute Gasteiger partial charge is 0.158 e. The van der Waals surface area contributed by atoms with Crippen LogP contribution in [0.4, 0.5) is 5.82 Å². The highest BCUT2D eigenvalue weighted by atomic mass is 35.5. The van der Waals surface area contributed by atoms with Crippen LogP contribution in [0.1, 0.15) is 45.4 Å². The highest BCUT2D eigenvalue weighted by Gasteiger charge is 2.29. The van der Waals surface area contributed by atoms with Gasteiger partial charge in [0.2, 0.25) is 0 Å². The summed E-state index contributed by atoms with van der Waals surface area (Å²) >= 11 is 6.08. The fourth-order valence-electron chi connectivity index (χ4n) is 2.78. The van der Waals surface area contributed by atoms with Crippen molar-refractivity contribution in [3.05, 3.63) is 17.0 Å². The Bertz CT molecular complexity index is 454. The van der Waals surface area contributed by atoms with Crippen LogP contribution in [0.5, 0.6) is 0 Å². The van der Waals surface area contributed by atoms with Crippen molar-refractivity contribution in [3.63, 3.8) is 0 Å². The molecule has 0 atom stereocenters. The molecule has 20 heavy (non-hydrogen) atoms. The fraction of sp³-hybridized carbons (Fsp3) is 0.733. The summed E-state index contributed by atoms with van der Waals surface area (Å²) in [6.45, 7) is 5.09. The van der Waals surface area contributed by atoms with Gasteiger partial charge in [-0.2, -0.15) is 0 Å². The van der Waals surface area contributed by atoms with Crippen LogP contribution >= 0.6 is 11.6 Å². The Balaban J connectivity index is 2.11. The molecular weight excluding hydrogens is 274 g/mol. The quantitative estimate of drug-likeness (QED) is 0.795. The van der Waals surface area contributed by atoms with Gasteiger partial charge in [-0.05, 0) is 31.1 Å². The van der Waals surface area contributed by atoms with E-state index in [0.717, 1.165) is 5.82 Å². The lowest BCUT2D eigenvalue weighted by atomic mass is 9.75. The monoisotopic (exact) mass is 297 g/mol. The molecular formula is C15H24ClN3O. The van der Waals surface area contributed by atoms with E-state index in [-0.39, 0.29) is 0 Å². The van der Waals surface area contributed by atoms with E-state index in [1.165, 1.54) is 25.7 Å². The maximum atomic E-state index is 6.08. The number of aromatic nitrogens is 2. The van der Waals surface area contributed by atoms with E-state index < -0.39 is 0 Å². The van der Waals surface area contributed by atoms with Crippen LogP contribution in [0, 0.1) is 5.41 Å². The molecule has 1 aromatic heterocycles. The van der Waals surface area contributed by atoms with Crippen LogP contribution in [0.15, 0.2) is 6.07 Å². The Morgan fingerprint density at radius 2 is 2.00 bits per heavy atom. The molecule has 1 aliphatic rings. The zero-order valence-corrected chi connectivity index (χ0v) is 13.6. The van der Waals surface area contributed by atoms with Gasteiger partial charge in [-0.1, -0.05) is 25.4 Å². The topological polar surface area (TPSA) is 38.2 Å². The first-order valence-electron chi connectivity index (χ1n) is 7.16. The summed E-state index contributed by atoms with van der Waals surface area (Å²) in [5, 5.41) is 0.477. The maximum absolute atomic E-state index is 6.08. The number of anilines is 1. The van der Waals surface area contributed by atoms with Crippen LogP contribution in [-0.2, 0) is 11.3 Å². The Labute approximate surface area is 126 Å². The number of hydrogen-bond donors (Lipinski definition) is 0. The summed E-state index contributed by atoms with van der Waals surface area (Å²) in [6.07, 6.45) is 4.91. The molecule has 0 unspecified atom stereocenters. The van der Waals surface area contributed by atoms with Gasteiger partial charge in [0, 0.05) is 26.3 Å². The van der Waals surface area contributed by atoms with E-state index in [4.69, 9.17) is 16.3 Å². The Morgan fingerprint density at radius 3 is 2.60 bits per heavy atom. The minimum atomic E-state index is 0.388. The van der Waals surface area contributed by atoms with Gasteiger partial charge < -0.3 is 9.64 Å². The molecule has 2 rings (SSSR count). The first-order valence-corrected chi connectivity index (χ1v) is 7.54. The SMILES string of the molecule is COCc1nc(Cl)cc(N(C)C2CCC(C)(C)CC2)n1. The highest BCUT2D eigenvalue weighted by Crippen LogP contribution is 2.37. The van der Waals surface area contributed by atoms with E-state index in [9.17, 15) is 0 Å². The predicted octanol–water partition coefficient (Wildman–Crippen LogP) is 3.68. The second kappa shape index (κ2) is 6.27. The first kappa shape index (κ1) is 15.5. The molecule has 1 aromatic rings. The Morgan fingerprint density at radius 1 is 1.35 bits per heavy atom. The molecule has 0 spiro atoms. The number of halogens is 1. The molecule has 0 bridgehead atoms. The number of nitrogens with zero attached hydrogens (tertiary/aromatic N) is 3. The lowest BCUT2D eigenvalue weighted by molar-refractivity contribution is 0.177. The van der Waals surface area contributed by atoms with Crippen LogP contribution in [0.25, 0.3) is 0 Å². The van der Waals surface area contributed by atoms with Gasteiger partial charge in [-0.15, -0.1) is 0 Å². The largest absolute Gasteiger partial charge is 0.377 e. The van der Waals surface area contributed by atoms with Crippen molar-refractivity contribution in [3.8, 4) is 0 Å². The van der Waals surface area contributed by atoms with E-state index in [0.29, 0.717) is 29.0 Å². The van der Waals surface area contributed by atoms with Crippen molar-refractivity contribution in [2.45, 2.75) is 52.2 Å². The van der Waals surface area contributed by atoms with Gasteiger partial charge in [0.25, 0.3) is 0 Å². The normalized spacial score (nSPS) is 19.1. The van der Waals surface area contributed by atoms with Crippen molar-refractivity contribution in [1.82, 2.24) is 9.97 Å². The summed E-state index contributed by atoms with van der Waals surface area (Å²) < 4.78 is 5.09. The van der Waals surface area contributed by atoms with Gasteiger partial charge in [-0.25, -0.2) is 9.97 Å². The third kappa shape index (κ3) is 3.83. The molecule has 5 heteroatoms. The zero-order valence-electron chi connectivity index (χ0n) is 12.8. The van der Waals surface area contributed by atoms with Crippen LogP contribution in [0.2, 0.25) is 5.15 Å². The molecule has 0 amide bonds. The van der Waals surface area contributed by atoms with E-state index >= 15 is 0 Å². The third-order valence-corrected chi connectivity index (χ3v) is 4.41. The molecule has 112 valence electrons. The first-order chi connectivity index (χ1) is 9.41. The van der Waals surface area contributed by atoms with Crippen molar-refractivity contribution in [2.24, 2.45) is 5.41 Å². The molecule has 0 aromatic carbocycles. The summed E-state index contributed by atoms with van der Waals surface area (Å²) in [4.78, 5) is 11.0. The summed E-state index contributed by atoms with van der Waals surface area (Å²) in [6, 6.07) is 2.37. The summed E-state index contributed by atoms with van der Waals surface area (Å²) in [5.41, 5.74) is 0.474. The molecule has 0 radical (unpaired) electrons. The van der Waals surface area contributed by atoms with Gasteiger partial charge in [0.1, 0.15) is 17.6 Å². The lowest BCUT2D eigenvalue weighted by Gasteiger charge is -2.39. The molecule has 0 N–H and O–H groups in total.